The molecule has 1 aliphatic rings. The minimum Gasteiger partial charge on any atom is -0.368 e. The number of pyridine rings is 1. The second-order valence-electron chi connectivity index (χ2n) is 7.08. The summed E-state index contributed by atoms with van der Waals surface area (Å²) in [5.74, 6) is 0.731. The van der Waals surface area contributed by atoms with E-state index in [0.717, 1.165) is 52.6 Å². The predicted molar refractivity (Wildman–Crippen MR) is 105 cm³/mol. The van der Waals surface area contributed by atoms with Crippen LogP contribution in [0.25, 0.3) is 21.9 Å². The average molecular weight is 360 g/mol. The maximum Gasteiger partial charge on any atom is 0.259 e. The van der Waals surface area contributed by atoms with Crippen molar-refractivity contribution in [2.75, 3.05) is 11.9 Å². The van der Waals surface area contributed by atoms with Crippen LogP contribution in [0.3, 0.4) is 0 Å². The molecule has 0 aliphatic heterocycles. The predicted octanol–water partition coefficient (Wildman–Crippen LogP) is 2.97. The summed E-state index contributed by atoms with van der Waals surface area (Å²) >= 11 is 0. The van der Waals surface area contributed by atoms with Gasteiger partial charge in [0, 0.05) is 24.7 Å². The average Bonchev–Trinajstić information content (AvgIpc) is 3.37. The summed E-state index contributed by atoms with van der Waals surface area (Å²) in [6, 6.07) is 8.55. The summed E-state index contributed by atoms with van der Waals surface area (Å²) in [6.45, 7) is 2.68. The molecule has 0 radical (unpaired) electrons. The quantitative estimate of drug-likeness (QED) is 0.571. The normalized spacial score (nSPS) is 14.1. The highest BCUT2D eigenvalue weighted by atomic mass is 16.1. The molecule has 1 saturated carbocycles. The fourth-order valence-electron chi connectivity index (χ4n) is 3.74. The Kier molecular flexibility index (Phi) is 3.67. The molecule has 136 valence electrons. The van der Waals surface area contributed by atoms with E-state index in [1.165, 1.54) is 6.33 Å². The monoisotopic (exact) mass is 360 g/mol. The second-order valence-corrected chi connectivity index (χ2v) is 7.08. The molecular formula is C20H20N6O. The molecule has 1 fully saturated rings. The van der Waals surface area contributed by atoms with Crippen molar-refractivity contribution in [3.05, 3.63) is 58.5 Å². The molecule has 0 bridgehead atoms. The molecule has 5 rings (SSSR count). The molecule has 2 N–H and O–H groups in total. The molecule has 0 unspecified atom stereocenters. The van der Waals surface area contributed by atoms with Crippen LogP contribution in [0.2, 0.25) is 0 Å². The number of aromatic amines is 1. The molecule has 3 heterocycles. The number of H-pyrrole nitrogens is 1. The van der Waals surface area contributed by atoms with Crippen LogP contribution in [-0.2, 0) is 6.42 Å². The van der Waals surface area contributed by atoms with E-state index in [-0.39, 0.29) is 5.56 Å². The number of imidazole rings is 1. The van der Waals surface area contributed by atoms with E-state index in [1.54, 1.807) is 6.33 Å². The summed E-state index contributed by atoms with van der Waals surface area (Å²) in [4.78, 5) is 28.8. The van der Waals surface area contributed by atoms with Gasteiger partial charge in [-0.3, -0.25) is 4.79 Å². The van der Waals surface area contributed by atoms with Crippen molar-refractivity contribution in [2.24, 2.45) is 0 Å². The van der Waals surface area contributed by atoms with Crippen molar-refractivity contribution in [2.45, 2.75) is 32.2 Å². The Balaban J connectivity index is 1.47. The van der Waals surface area contributed by atoms with Crippen LogP contribution in [0.5, 0.6) is 0 Å². The minimum absolute atomic E-state index is 0.140. The van der Waals surface area contributed by atoms with Crippen LogP contribution in [0, 0.1) is 6.92 Å². The van der Waals surface area contributed by atoms with Gasteiger partial charge in [-0.05, 0) is 36.8 Å². The van der Waals surface area contributed by atoms with E-state index in [4.69, 9.17) is 0 Å². The molecule has 0 spiro atoms. The highest BCUT2D eigenvalue weighted by Crippen LogP contribution is 2.35. The van der Waals surface area contributed by atoms with Gasteiger partial charge in [0.2, 0.25) is 0 Å². The van der Waals surface area contributed by atoms with Gasteiger partial charge >= 0.3 is 0 Å². The molecule has 0 atom stereocenters. The zero-order valence-electron chi connectivity index (χ0n) is 15.1. The number of benzene rings is 1. The first kappa shape index (κ1) is 16.0. The molecule has 7 heteroatoms. The van der Waals surface area contributed by atoms with Gasteiger partial charge in [-0.2, -0.15) is 0 Å². The summed E-state index contributed by atoms with van der Waals surface area (Å²) in [5, 5.41) is 5.21. The third kappa shape index (κ3) is 2.75. The molecule has 3 aromatic heterocycles. The molecule has 7 nitrogen and oxygen atoms in total. The van der Waals surface area contributed by atoms with Crippen molar-refractivity contribution in [1.29, 1.82) is 0 Å². The molecule has 27 heavy (non-hydrogen) atoms. The van der Waals surface area contributed by atoms with Gasteiger partial charge in [-0.1, -0.05) is 18.2 Å². The van der Waals surface area contributed by atoms with Crippen molar-refractivity contribution in [3.8, 4) is 0 Å². The van der Waals surface area contributed by atoms with Gasteiger partial charge < -0.3 is 14.9 Å². The molecule has 0 saturated heterocycles. The van der Waals surface area contributed by atoms with Gasteiger partial charge in [-0.15, -0.1) is 0 Å². The maximum absolute atomic E-state index is 13.1. The van der Waals surface area contributed by atoms with Gasteiger partial charge in [0.1, 0.15) is 11.8 Å². The van der Waals surface area contributed by atoms with Gasteiger partial charge in [0.25, 0.3) is 5.56 Å². The Labute approximate surface area is 155 Å². The third-order valence-electron chi connectivity index (χ3n) is 5.18. The number of hydrogen-bond donors (Lipinski definition) is 2. The van der Waals surface area contributed by atoms with Gasteiger partial charge in [-0.25, -0.2) is 15.0 Å². The number of anilines is 1. The lowest BCUT2D eigenvalue weighted by Crippen LogP contribution is -2.25. The van der Waals surface area contributed by atoms with E-state index < -0.39 is 0 Å². The largest absolute Gasteiger partial charge is 0.368 e. The topological polar surface area (TPSA) is 88.5 Å². The van der Waals surface area contributed by atoms with E-state index >= 15 is 0 Å². The Bertz CT molecular complexity index is 1200. The van der Waals surface area contributed by atoms with E-state index in [2.05, 4.69) is 31.3 Å². The number of nitrogens with one attached hydrogen (secondary N) is 2. The standard InChI is InChI=1S/C20H20N6O/c1-12-3-2-4-13-9-15(26(14-5-6-14)20(27)16(12)13)7-8-21-18-17-19(23-10-22-17)25-11-24-18/h2-4,9-11,14H,5-8H2,1H3,(H2,21,22,23,24,25). The van der Waals surface area contributed by atoms with Crippen molar-refractivity contribution >= 4 is 27.8 Å². The lowest BCUT2D eigenvalue weighted by molar-refractivity contribution is 0.665. The molecule has 1 aliphatic carbocycles. The minimum atomic E-state index is 0.140. The first-order valence-electron chi connectivity index (χ1n) is 9.24. The molecular weight excluding hydrogens is 340 g/mol. The Morgan fingerprint density at radius 2 is 2.15 bits per heavy atom. The Morgan fingerprint density at radius 3 is 3.00 bits per heavy atom. The zero-order chi connectivity index (χ0) is 18.4. The van der Waals surface area contributed by atoms with Crippen LogP contribution in [0.4, 0.5) is 5.82 Å². The Morgan fingerprint density at radius 1 is 1.26 bits per heavy atom. The number of hydrogen-bond acceptors (Lipinski definition) is 5. The van der Waals surface area contributed by atoms with Crippen molar-refractivity contribution in [3.63, 3.8) is 0 Å². The van der Waals surface area contributed by atoms with Crippen molar-refractivity contribution in [1.82, 2.24) is 24.5 Å². The third-order valence-corrected chi connectivity index (χ3v) is 5.18. The van der Waals surface area contributed by atoms with Crippen LogP contribution >= 0.6 is 0 Å². The number of aromatic nitrogens is 5. The van der Waals surface area contributed by atoms with Gasteiger partial charge in [0.15, 0.2) is 11.5 Å². The van der Waals surface area contributed by atoms with Crippen LogP contribution in [0.1, 0.15) is 30.1 Å². The first-order valence-corrected chi connectivity index (χ1v) is 9.24. The Hall–Kier alpha value is -3.22. The summed E-state index contributed by atoms with van der Waals surface area (Å²) in [7, 11) is 0. The van der Waals surface area contributed by atoms with E-state index in [1.807, 2.05) is 29.7 Å². The fourth-order valence-corrected chi connectivity index (χ4v) is 3.74. The van der Waals surface area contributed by atoms with Crippen LogP contribution < -0.4 is 10.9 Å². The number of aryl methyl sites for hydroxylation is 1. The van der Waals surface area contributed by atoms with E-state index in [9.17, 15) is 4.79 Å². The second kappa shape index (κ2) is 6.19. The molecule has 4 aromatic rings. The SMILES string of the molecule is Cc1cccc2cc(CCNc3ncnc4nc[nH]c34)n(C3CC3)c(=O)c12. The zero-order valence-corrected chi connectivity index (χ0v) is 15.1. The lowest BCUT2D eigenvalue weighted by atomic mass is 10.1. The van der Waals surface area contributed by atoms with Crippen LogP contribution in [-0.4, -0.2) is 31.0 Å². The summed E-state index contributed by atoms with van der Waals surface area (Å²) < 4.78 is 2.00. The molecule has 1 aromatic carbocycles. The lowest BCUT2D eigenvalue weighted by Gasteiger charge is -2.15. The van der Waals surface area contributed by atoms with Crippen LogP contribution in [0.15, 0.2) is 41.7 Å². The van der Waals surface area contributed by atoms with Crippen molar-refractivity contribution < 1.29 is 0 Å². The maximum atomic E-state index is 13.1. The fraction of sp³-hybridized carbons (Fsp3) is 0.300. The highest BCUT2D eigenvalue weighted by Gasteiger charge is 2.27. The molecule has 0 amide bonds. The summed E-state index contributed by atoms with van der Waals surface area (Å²) in [5.41, 5.74) is 3.69. The van der Waals surface area contributed by atoms with E-state index in [0.29, 0.717) is 18.2 Å². The van der Waals surface area contributed by atoms with Gasteiger partial charge in [0.05, 0.1) is 11.7 Å². The number of fused-ring (bicyclic) bond motifs is 2. The number of nitrogens with zero attached hydrogens (tertiary/aromatic N) is 4. The number of rotatable bonds is 5. The summed E-state index contributed by atoms with van der Waals surface area (Å²) in [6.07, 6.45) is 6.03. The highest BCUT2D eigenvalue weighted by molar-refractivity contribution is 5.85. The smallest absolute Gasteiger partial charge is 0.259 e. The first-order chi connectivity index (χ1) is 13.2.